The molecule has 2 rings (SSSR count). The van der Waals surface area contributed by atoms with Crippen molar-refractivity contribution in [1.29, 1.82) is 0 Å². The molecule has 0 fully saturated rings. The first kappa shape index (κ1) is 30.1. The summed E-state index contributed by atoms with van der Waals surface area (Å²) in [7, 11) is 0.376. The van der Waals surface area contributed by atoms with Crippen LogP contribution in [0.5, 0.6) is 5.75 Å². The number of carbonyl (C=O) groups is 2. The van der Waals surface area contributed by atoms with Gasteiger partial charge in [0, 0.05) is 26.2 Å². The Labute approximate surface area is 221 Å². The quantitative estimate of drug-likeness (QED) is 0.506. The standard InChI is InChI=1S/C27H40N4O5S/c1-19-13-14-20(2)24(15-19)31(37(34,35)29(7)8)18-25(32)30(21(3)26(33)28-27(4,5)6)17-22-11-10-12-23(16-22)36-9/h10-16,21H,17-18H2,1-9H3,(H,28,33)/t21-/m1/s1. The summed E-state index contributed by atoms with van der Waals surface area (Å²) < 4.78 is 34.2. The van der Waals surface area contributed by atoms with Crippen LogP contribution in [0.1, 0.15) is 44.4 Å². The molecule has 2 amide bonds. The predicted octanol–water partition coefficient (Wildman–Crippen LogP) is 3.26. The Kier molecular flexibility index (Phi) is 9.73. The van der Waals surface area contributed by atoms with Gasteiger partial charge in [-0.2, -0.15) is 12.7 Å². The lowest BCUT2D eigenvalue weighted by Gasteiger charge is -2.34. The van der Waals surface area contributed by atoms with Gasteiger partial charge in [0.15, 0.2) is 0 Å². The van der Waals surface area contributed by atoms with Crippen molar-refractivity contribution in [3.8, 4) is 5.75 Å². The fraction of sp³-hybridized carbons (Fsp3) is 0.481. The van der Waals surface area contributed by atoms with Gasteiger partial charge in [0.05, 0.1) is 12.8 Å². The highest BCUT2D eigenvalue weighted by Crippen LogP contribution is 2.26. The van der Waals surface area contributed by atoms with E-state index in [-0.39, 0.29) is 12.5 Å². The number of nitrogens with zero attached hydrogens (tertiary/aromatic N) is 3. The lowest BCUT2D eigenvalue weighted by molar-refractivity contribution is -0.140. The van der Waals surface area contributed by atoms with Gasteiger partial charge < -0.3 is 15.0 Å². The van der Waals surface area contributed by atoms with Gasteiger partial charge in [0.2, 0.25) is 11.8 Å². The van der Waals surface area contributed by atoms with Crippen molar-refractivity contribution in [1.82, 2.24) is 14.5 Å². The van der Waals surface area contributed by atoms with Crippen molar-refractivity contribution in [2.75, 3.05) is 32.1 Å². The second kappa shape index (κ2) is 12.0. The topological polar surface area (TPSA) is 99.3 Å². The Balaban J connectivity index is 2.54. The van der Waals surface area contributed by atoms with Gasteiger partial charge in [-0.25, -0.2) is 4.31 Å². The molecule has 37 heavy (non-hydrogen) atoms. The molecule has 10 heteroatoms. The SMILES string of the molecule is COc1cccc(CN(C(=O)CN(c2cc(C)ccc2C)S(=O)(=O)N(C)C)[C@H](C)C(=O)NC(C)(C)C)c1. The average molecular weight is 533 g/mol. The van der Waals surface area contributed by atoms with E-state index in [1.165, 1.54) is 19.0 Å². The van der Waals surface area contributed by atoms with Crippen molar-refractivity contribution in [2.24, 2.45) is 0 Å². The van der Waals surface area contributed by atoms with Gasteiger partial charge in [0.1, 0.15) is 18.3 Å². The van der Waals surface area contributed by atoms with Gasteiger partial charge in [-0.3, -0.25) is 9.59 Å². The zero-order chi connectivity index (χ0) is 28.1. The summed E-state index contributed by atoms with van der Waals surface area (Å²) in [5, 5.41) is 2.92. The minimum atomic E-state index is -4.02. The van der Waals surface area contributed by atoms with Crippen LogP contribution in [0, 0.1) is 13.8 Å². The Bertz CT molecular complexity index is 1220. The number of hydrogen-bond acceptors (Lipinski definition) is 5. The Morgan fingerprint density at radius 1 is 1.05 bits per heavy atom. The summed E-state index contributed by atoms with van der Waals surface area (Å²) >= 11 is 0. The van der Waals surface area contributed by atoms with Gasteiger partial charge in [-0.05, 0) is 76.4 Å². The van der Waals surface area contributed by atoms with Gasteiger partial charge in [-0.1, -0.05) is 24.3 Å². The van der Waals surface area contributed by atoms with Crippen LogP contribution in [-0.2, 0) is 26.3 Å². The summed E-state index contributed by atoms with van der Waals surface area (Å²) in [5.74, 6) is -0.230. The van der Waals surface area contributed by atoms with Crippen LogP contribution in [0.3, 0.4) is 0 Å². The average Bonchev–Trinajstić information content (AvgIpc) is 2.80. The van der Waals surface area contributed by atoms with E-state index in [0.717, 1.165) is 19.7 Å². The Morgan fingerprint density at radius 3 is 2.27 bits per heavy atom. The van der Waals surface area contributed by atoms with E-state index in [1.54, 1.807) is 45.2 Å². The lowest BCUT2D eigenvalue weighted by atomic mass is 10.1. The van der Waals surface area contributed by atoms with Crippen molar-refractivity contribution < 1.29 is 22.7 Å². The Hall–Kier alpha value is -3.11. The monoisotopic (exact) mass is 532 g/mol. The number of nitrogens with one attached hydrogen (secondary N) is 1. The number of rotatable bonds is 10. The van der Waals surface area contributed by atoms with E-state index >= 15 is 0 Å². The fourth-order valence-corrected chi connectivity index (χ4v) is 4.83. The molecule has 2 aromatic rings. The van der Waals surface area contributed by atoms with E-state index in [4.69, 9.17) is 4.74 Å². The molecule has 0 spiro atoms. The molecule has 0 radical (unpaired) electrons. The zero-order valence-electron chi connectivity index (χ0n) is 23.3. The number of amides is 2. The van der Waals surface area contributed by atoms with Crippen LogP contribution in [0.25, 0.3) is 0 Å². The van der Waals surface area contributed by atoms with Crippen LogP contribution >= 0.6 is 0 Å². The largest absolute Gasteiger partial charge is 0.497 e. The van der Waals surface area contributed by atoms with Gasteiger partial charge in [0.25, 0.3) is 0 Å². The molecule has 0 saturated carbocycles. The maximum absolute atomic E-state index is 13.9. The van der Waals surface area contributed by atoms with Gasteiger partial charge >= 0.3 is 10.2 Å². The first-order valence-electron chi connectivity index (χ1n) is 12.1. The highest BCUT2D eigenvalue weighted by molar-refractivity contribution is 7.90. The molecule has 0 heterocycles. The molecule has 0 saturated heterocycles. The molecule has 0 bridgehead atoms. The maximum atomic E-state index is 13.9. The van der Waals surface area contributed by atoms with Crippen molar-refractivity contribution in [2.45, 2.75) is 59.7 Å². The Morgan fingerprint density at radius 2 is 1.70 bits per heavy atom. The van der Waals surface area contributed by atoms with E-state index in [0.29, 0.717) is 17.0 Å². The minimum Gasteiger partial charge on any atom is -0.497 e. The molecule has 0 aliphatic carbocycles. The van der Waals surface area contributed by atoms with Crippen LogP contribution in [-0.4, -0.2) is 68.8 Å². The number of ether oxygens (including phenoxy) is 1. The molecule has 0 aromatic heterocycles. The third kappa shape index (κ3) is 7.93. The third-order valence-electron chi connectivity index (χ3n) is 5.80. The van der Waals surface area contributed by atoms with E-state index in [1.807, 2.05) is 45.9 Å². The number of methoxy groups -OCH3 is 1. The fourth-order valence-electron chi connectivity index (χ4n) is 3.71. The molecule has 2 aromatic carbocycles. The first-order chi connectivity index (χ1) is 17.1. The summed E-state index contributed by atoms with van der Waals surface area (Å²) in [5.41, 5.74) is 2.22. The summed E-state index contributed by atoms with van der Waals surface area (Å²) in [6.45, 7) is 10.5. The number of benzene rings is 2. The van der Waals surface area contributed by atoms with Crippen LogP contribution in [0.4, 0.5) is 5.69 Å². The van der Waals surface area contributed by atoms with Crippen molar-refractivity contribution in [3.05, 3.63) is 59.2 Å². The molecule has 9 nitrogen and oxygen atoms in total. The number of aryl methyl sites for hydroxylation is 2. The molecule has 0 unspecified atom stereocenters. The number of carbonyl (C=O) groups excluding carboxylic acids is 2. The predicted molar refractivity (Wildman–Crippen MR) is 147 cm³/mol. The minimum absolute atomic E-state index is 0.0947. The highest BCUT2D eigenvalue weighted by Gasteiger charge is 2.34. The van der Waals surface area contributed by atoms with Crippen molar-refractivity contribution in [3.63, 3.8) is 0 Å². The molecular formula is C27H40N4O5S. The number of hydrogen-bond donors (Lipinski definition) is 1. The number of anilines is 1. The summed E-state index contributed by atoms with van der Waals surface area (Å²) in [6.07, 6.45) is 0. The highest BCUT2D eigenvalue weighted by atomic mass is 32.2. The third-order valence-corrected chi connectivity index (χ3v) is 7.61. The summed E-state index contributed by atoms with van der Waals surface area (Å²) in [6, 6.07) is 11.8. The van der Waals surface area contributed by atoms with E-state index in [2.05, 4.69) is 5.32 Å². The molecule has 1 N–H and O–H groups in total. The van der Waals surface area contributed by atoms with Crippen molar-refractivity contribution >= 4 is 27.7 Å². The molecular weight excluding hydrogens is 492 g/mol. The maximum Gasteiger partial charge on any atom is 0.304 e. The molecule has 1 atom stereocenters. The second-order valence-electron chi connectivity index (χ2n) is 10.4. The smallest absolute Gasteiger partial charge is 0.304 e. The summed E-state index contributed by atoms with van der Waals surface area (Å²) in [4.78, 5) is 28.4. The van der Waals surface area contributed by atoms with E-state index in [9.17, 15) is 18.0 Å². The molecule has 204 valence electrons. The van der Waals surface area contributed by atoms with Crippen LogP contribution in [0.2, 0.25) is 0 Å². The van der Waals surface area contributed by atoms with E-state index < -0.39 is 34.2 Å². The van der Waals surface area contributed by atoms with Crippen LogP contribution < -0.4 is 14.4 Å². The molecule has 0 aliphatic rings. The molecule has 0 aliphatic heterocycles. The zero-order valence-corrected chi connectivity index (χ0v) is 24.1. The first-order valence-corrected chi connectivity index (χ1v) is 13.5. The normalized spacial score (nSPS) is 12.7. The van der Waals surface area contributed by atoms with Gasteiger partial charge in [-0.15, -0.1) is 0 Å². The second-order valence-corrected chi connectivity index (χ2v) is 12.4. The van der Waals surface area contributed by atoms with Crippen LogP contribution in [0.15, 0.2) is 42.5 Å². The lowest BCUT2D eigenvalue weighted by Crippen LogP contribution is -2.55.